The molecule has 2 amide bonds. The number of amides is 2. The lowest BCUT2D eigenvalue weighted by Crippen LogP contribution is -2.52. The molecule has 0 aliphatic carbocycles. The van der Waals surface area contributed by atoms with Crippen LogP contribution >= 0.6 is 11.6 Å². The lowest BCUT2D eigenvalue weighted by Gasteiger charge is -2.35. The molecule has 2 aliphatic rings. The second-order valence-electron chi connectivity index (χ2n) is 6.34. The third-order valence-corrected chi connectivity index (χ3v) is 6.30. The summed E-state index contributed by atoms with van der Waals surface area (Å²) in [5.74, 6) is 0. The molecule has 2 aliphatic heterocycles. The van der Waals surface area contributed by atoms with Crippen LogP contribution in [0.1, 0.15) is 25.7 Å². The molecule has 2 saturated heterocycles. The molecule has 2 fully saturated rings. The van der Waals surface area contributed by atoms with Crippen LogP contribution in [0, 0.1) is 0 Å². The maximum absolute atomic E-state index is 12.5. The molecule has 1 aromatic carbocycles. The van der Waals surface area contributed by atoms with Crippen molar-refractivity contribution in [2.24, 2.45) is 0 Å². The average molecular weight is 372 g/mol. The van der Waals surface area contributed by atoms with Crippen LogP contribution in [-0.4, -0.2) is 56.5 Å². The fourth-order valence-electron chi connectivity index (χ4n) is 3.26. The van der Waals surface area contributed by atoms with Crippen molar-refractivity contribution in [3.05, 3.63) is 29.3 Å². The van der Waals surface area contributed by atoms with Crippen LogP contribution in [-0.2, 0) is 10.0 Å². The first-order valence-electron chi connectivity index (χ1n) is 8.27. The van der Waals surface area contributed by atoms with Crippen LogP contribution in [0.3, 0.4) is 0 Å². The molecule has 0 spiro atoms. The number of carbonyl (C=O) groups is 1. The lowest BCUT2D eigenvalue weighted by molar-refractivity contribution is 0.145. The van der Waals surface area contributed by atoms with Gasteiger partial charge in [0.25, 0.3) is 0 Å². The Hall–Kier alpha value is -1.31. The van der Waals surface area contributed by atoms with Crippen LogP contribution in [0.15, 0.2) is 29.2 Å². The normalized spacial score (nSPS) is 22.0. The minimum absolute atomic E-state index is 0.0305. The quantitative estimate of drug-likeness (QED) is 0.886. The summed E-state index contributed by atoms with van der Waals surface area (Å²) in [7, 11) is -3.61. The summed E-state index contributed by atoms with van der Waals surface area (Å²) >= 11 is 5.81. The maximum Gasteiger partial charge on any atom is 0.320 e. The van der Waals surface area contributed by atoms with Gasteiger partial charge in [-0.1, -0.05) is 11.6 Å². The molecule has 8 heteroatoms. The van der Waals surface area contributed by atoms with Crippen molar-refractivity contribution in [2.45, 2.75) is 36.6 Å². The van der Waals surface area contributed by atoms with Crippen molar-refractivity contribution in [3.63, 3.8) is 0 Å². The second-order valence-corrected chi connectivity index (χ2v) is 8.49. The highest BCUT2D eigenvalue weighted by Gasteiger charge is 2.30. The van der Waals surface area contributed by atoms with E-state index in [-0.39, 0.29) is 17.0 Å². The van der Waals surface area contributed by atoms with E-state index >= 15 is 0 Å². The van der Waals surface area contributed by atoms with Gasteiger partial charge in [0.15, 0.2) is 0 Å². The molecule has 132 valence electrons. The van der Waals surface area contributed by atoms with Gasteiger partial charge < -0.3 is 9.80 Å². The zero-order chi connectivity index (χ0) is 17.2. The van der Waals surface area contributed by atoms with E-state index in [1.165, 1.54) is 12.1 Å². The number of nitrogens with one attached hydrogen (secondary N) is 1. The summed E-state index contributed by atoms with van der Waals surface area (Å²) in [5.41, 5.74) is 0. The number of nitrogens with zero attached hydrogens (tertiary/aromatic N) is 2. The summed E-state index contributed by atoms with van der Waals surface area (Å²) in [6.07, 6.45) is 3.63. The molecular weight excluding hydrogens is 350 g/mol. The minimum Gasteiger partial charge on any atom is -0.325 e. The van der Waals surface area contributed by atoms with Gasteiger partial charge in [-0.25, -0.2) is 17.9 Å². The zero-order valence-electron chi connectivity index (χ0n) is 13.4. The average Bonchev–Trinajstić information content (AvgIpc) is 3.09. The van der Waals surface area contributed by atoms with Gasteiger partial charge in [-0.05, 0) is 49.9 Å². The van der Waals surface area contributed by atoms with E-state index in [0.717, 1.165) is 38.8 Å². The van der Waals surface area contributed by atoms with Crippen molar-refractivity contribution in [1.29, 1.82) is 0 Å². The van der Waals surface area contributed by atoms with Gasteiger partial charge in [0.05, 0.1) is 4.90 Å². The standard InChI is InChI=1S/C16H22ClN3O3S/c17-13-5-7-15(8-6-13)24(22,23)18-14-4-3-11-20(12-14)16(21)19-9-1-2-10-19/h5-8,14,18H,1-4,9-12H2. The number of hydrogen-bond acceptors (Lipinski definition) is 3. The van der Waals surface area contributed by atoms with E-state index in [2.05, 4.69) is 4.72 Å². The number of hydrogen-bond donors (Lipinski definition) is 1. The van der Waals surface area contributed by atoms with Gasteiger partial charge in [-0.15, -0.1) is 0 Å². The molecule has 1 atom stereocenters. The highest BCUT2D eigenvalue weighted by atomic mass is 35.5. The molecule has 3 rings (SSSR count). The number of urea groups is 1. The largest absolute Gasteiger partial charge is 0.325 e. The van der Waals surface area contributed by atoms with E-state index in [0.29, 0.717) is 18.1 Å². The second kappa shape index (κ2) is 7.29. The zero-order valence-corrected chi connectivity index (χ0v) is 15.0. The van der Waals surface area contributed by atoms with E-state index in [1.54, 1.807) is 17.0 Å². The predicted octanol–water partition coefficient (Wildman–Crippen LogP) is 2.30. The summed E-state index contributed by atoms with van der Waals surface area (Å²) in [4.78, 5) is 16.3. The van der Waals surface area contributed by atoms with E-state index in [9.17, 15) is 13.2 Å². The molecule has 0 saturated carbocycles. The molecule has 1 unspecified atom stereocenters. The Bertz CT molecular complexity index is 687. The first-order chi connectivity index (χ1) is 11.5. The van der Waals surface area contributed by atoms with Crippen molar-refractivity contribution in [1.82, 2.24) is 14.5 Å². The number of halogens is 1. The first-order valence-corrected chi connectivity index (χ1v) is 10.1. The fraction of sp³-hybridized carbons (Fsp3) is 0.562. The number of benzene rings is 1. The third-order valence-electron chi connectivity index (χ3n) is 4.51. The number of likely N-dealkylation sites (tertiary alicyclic amines) is 2. The van der Waals surface area contributed by atoms with Gasteiger partial charge in [-0.2, -0.15) is 0 Å². The topological polar surface area (TPSA) is 69.7 Å². The highest BCUT2D eigenvalue weighted by molar-refractivity contribution is 7.89. The number of rotatable bonds is 3. The van der Waals surface area contributed by atoms with Crippen LogP contribution in [0.25, 0.3) is 0 Å². The predicted molar refractivity (Wildman–Crippen MR) is 92.6 cm³/mol. The van der Waals surface area contributed by atoms with Gasteiger partial charge in [0.2, 0.25) is 10.0 Å². The molecule has 0 bridgehead atoms. The van der Waals surface area contributed by atoms with E-state index < -0.39 is 10.0 Å². The van der Waals surface area contributed by atoms with Crippen LogP contribution in [0.2, 0.25) is 5.02 Å². The van der Waals surface area contributed by atoms with Gasteiger partial charge in [-0.3, -0.25) is 0 Å². The Kier molecular flexibility index (Phi) is 5.32. The summed E-state index contributed by atoms with van der Waals surface area (Å²) in [5, 5.41) is 0.494. The summed E-state index contributed by atoms with van der Waals surface area (Å²) < 4.78 is 27.7. The summed E-state index contributed by atoms with van der Waals surface area (Å²) in [6, 6.07) is 5.86. The summed E-state index contributed by atoms with van der Waals surface area (Å²) in [6.45, 7) is 2.71. The van der Waals surface area contributed by atoms with Crippen LogP contribution in [0.4, 0.5) is 4.79 Å². The Balaban J connectivity index is 1.64. The maximum atomic E-state index is 12.5. The van der Waals surface area contributed by atoms with Crippen LogP contribution in [0.5, 0.6) is 0 Å². The Morgan fingerprint density at radius 3 is 2.33 bits per heavy atom. The van der Waals surface area contributed by atoms with Gasteiger partial charge >= 0.3 is 6.03 Å². The van der Waals surface area contributed by atoms with Crippen molar-refractivity contribution < 1.29 is 13.2 Å². The van der Waals surface area contributed by atoms with Crippen molar-refractivity contribution >= 4 is 27.7 Å². The highest BCUT2D eigenvalue weighted by Crippen LogP contribution is 2.19. The molecule has 2 heterocycles. The lowest BCUT2D eigenvalue weighted by atomic mass is 10.1. The molecule has 6 nitrogen and oxygen atoms in total. The first kappa shape index (κ1) is 17.5. The molecule has 0 radical (unpaired) electrons. The van der Waals surface area contributed by atoms with E-state index in [1.807, 2.05) is 4.90 Å². The number of piperidine rings is 1. The van der Waals surface area contributed by atoms with Crippen molar-refractivity contribution in [3.8, 4) is 0 Å². The van der Waals surface area contributed by atoms with Crippen molar-refractivity contribution in [2.75, 3.05) is 26.2 Å². The SMILES string of the molecule is O=C(N1CCCC1)N1CCCC(NS(=O)(=O)c2ccc(Cl)cc2)C1. The molecule has 1 aromatic rings. The monoisotopic (exact) mass is 371 g/mol. The fourth-order valence-corrected chi connectivity index (χ4v) is 4.64. The Labute approximate surface area is 147 Å². The Morgan fingerprint density at radius 1 is 1.04 bits per heavy atom. The molecule has 1 N–H and O–H groups in total. The minimum atomic E-state index is -3.61. The van der Waals surface area contributed by atoms with Gasteiger partial charge in [0.1, 0.15) is 0 Å². The van der Waals surface area contributed by atoms with E-state index in [4.69, 9.17) is 11.6 Å². The van der Waals surface area contributed by atoms with Crippen LogP contribution < -0.4 is 4.72 Å². The number of carbonyl (C=O) groups excluding carboxylic acids is 1. The third kappa shape index (κ3) is 4.02. The number of sulfonamides is 1. The molecule has 0 aromatic heterocycles. The van der Waals surface area contributed by atoms with Gasteiger partial charge in [0, 0.05) is 37.2 Å². The smallest absolute Gasteiger partial charge is 0.320 e. The Morgan fingerprint density at radius 2 is 1.67 bits per heavy atom. The molecular formula is C16H22ClN3O3S. The molecule has 24 heavy (non-hydrogen) atoms.